The number of ketones is 1. The van der Waals surface area contributed by atoms with E-state index < -0.39 is 70.2 Å². The Bertz CT molecular complexity index is 1260. The van der Waals surface area contributed by atoms with Crippen LogP contribution in [0, 0.1) is 28.6 Å². The Hall–Kier alpha value is -2.24. The topological polar surface area (TPSA) is 110 Å². The Morgan fingerprint density at radius 2 is 1.89 bits per heavy atom. The lowest BCUT2D eigenvalue weighted by atomic mass is 9.45. The molecule has 2 N–H and O–H groups in total. The van der Waals surface area contributed by atoms with Crippen molar-refractivity contribution < 1.29 is 42.9 Å². The van der Waals surface area contributed by atoms with Gasteiger partial charge in [-0.25, -0.2) is 18.4 Å². The van der Waals surface area contributed by atoms with Crippen LogP contribution in [0.2, 0.25) is 0 Å². The van der Waals surface area contributed by atoms with Gasteiger partial charge in [0.05, 0.1) is 15.7 Å². The van der Waals surface area contributed by atoms with Gasteiger partial charge in [-0.15, -0.1) is 23.1 Å². The zero-order valence-electron chi connectivity index (χ0n) is 21.4. The van der Waals surface area contributed by atoms with Crippen LogP contribution in [0.25, 0.3) is 0 Å². The van der Waals surface area contributed by atoms with E-state index in [2.05, 4.69) is 0 Å². The Morgan fingerprint density at radius 1 is 1.18 bits per heavy atom. The van der Waals surface area contributed by atoms with Gasteiger partial charge in [0.2, 0.25) is 0 Å². The number of thiophene rings is 1. The standard InChI is InChI=1S/C27H30F2O7S2/c1-13-9-15-16-11-18(28)17-10-14(30)7-8-24(17,2)26(16,29)20(31)12-25(15,3)27(13,36-23(33)34)35-22(32)19-5-6-21(37-4)38-19/h5-8,10,13,15-16,18,20,31H,9,11-12H2,1-4H3,(H,33,34)/t13-,15+,16+,18+,20+,24+,25+,26+,27+/m1/s1. The van der Waals surface area contributed by atoms with Crippen molar-refractivity contribution >= 4 is 41.0 Å². The lowest BCUT2D eigenvalue weighted by molar-refractivity contribution is -0.289. The maximum Gasteiger partial charge on any atom is 0.509 e. The van der Waals surface area contributed by atoms with Crippen molar-refractivity contribution in [2.75, 3.05) is 6.26 Å². The highest BCUT2D eigenvalue weighted by molar-refractivity contribution is 8.00. The number of fused-ring (bicyclic) bond motifs is 5. The molecule has 0 amide bonds. The second kappa shape index (κ2) is 8.89. The van der Waals surface area contributed by atoms with E-state index in [-0.39, 0.29) is 29.7 Å². The van der Waals surface area contributed by atoms with Crippen molar-refractivity contribution in [1.29, 1.82) is 0 Å². The Labute approximate surface area is 227 Å². The van der Waals surface area contributed by atoms with Gasteiger partial charge in [-0.3, -0.25) is 4.79 Å². The number of carboxylic acid groups (broad SMARTS) is 1. The summed E-state index contributed by atoms with van der Waals surface area (Å²) < 4.78 is 45.2. The quantitative estimate of drug-likeness (QED) is 0.275. The van der Waals surface area contributed by atoms with Crippen LogP contribution in [0.1, 0.15) is 49.7 Å². The largest absolute Gasteiger partial charge is 0.509 e. The summed E-state index contributed by atoms with van der Waals surface area (Å²) in [7, 11) is 0. The third-order valence-corrected chi connectivity index (χ3v) is 11.7. The molecule has 1 heterocycles. The fourth-order valence-corrected chi connectivity index (χ4v) is 9.22. The van der Waals surface area contributed by atoms with E-state index in [1.165, 1.54) is 42.2 Å². The number of aliphatic hydroxyl groups excluding tert-OH is 1. The third kappa shape index (κ3) is 3.50. The number of hydrogen-bond donors (Lipinski definition) is 2. The smallest absolute Gasteiger partial charge is 0.450 e. The third-order valence-electron chi connectivity index (χ3n) is 9.54. The summed E-state index contributed by atoms with van der Waals surface area (Å²) in [5.41, 5.74) is -5.27. The van der Waals surface area contributed by atoms with Gasteiger partial charge in [0.1, 0.15) is 11.0 Å². The molecule has 206 valence electrons. The van der Waals surface area contributed by atoms with E-state index in [9.17, 15) is 24.6 Å². The van der Waals surface area contributed by atoms with Gasteiger partial charge in [0, 0.05) is 17.3 Å². The molecule has 0 aliphatic heterocycles. The number of thioether (sulfide) groups is 1. The number of carbonyl (C=O) groups is 3. The molecule has 11 heteroatoms. The minimum atomic E-state index is -2.34. The number of alkyl halides is 2. The van der Waals surface area contributed by atoms with Crippen LogP contribution >= 0.6 is 23.1 Å². The molecule has 4 aliphatic rings. The molecule has 38 heavy (non-hydrogen) atoms. The highest BCUT2D eigenvalue weighted by atomic mass is 32.2. The van der Waals surface area contributed by atoms with Gasteiger partial charge in [0.15, 0.2) is 11.5 Å². The number of carbonyl (C=O) groups excluding carboxylic acids is 2. The van der Waals surface area contributed by atoms with Crippen molar-refractivity contribution in [1.82, 2.24) is 0 Å². The molecule has 0 unspecified atom stereocenters. The number of aliphatic hydroxyl groups is 1. The summed E-state index contributed by atoms with van der Waals surface area (Å²) in [4.78, 5) is 37.5. The first-order valence-corrected chi connectivity index (χ1v) is 14.5. The van der Waals surface area contributed by atoms with Crippen LogP contribution in [0.3, 0.4) is 0 Å². The lowest BCUT2D eigenvalue weighted by Crippen LogP contribution is -2.70. The average molecular weight is 569 g/mol. The van der Waals surface area contributed by atoms with E-state index in [0.29, 0.717) is 0 Å². The maximum atomic E-state index is 17.4. The molecule has 1 aromatic rings. The number of ether oxygens (including phenoxy) is 2. The van der Waals surface area contributed by atoms with Gasteiger partial charge in [-0.2, -0.15) is 0 Å². The van der Waals surface area contributed by atoms with Crippen LogP contribution < -0.4 is 0 Å². The average Bonchev–Trinajstić information content (AvgIpc) is 3.40. The lowest BCUT2D eigenvalue weighted by Gasteiger charge is -2.62. The summed E-state index contributed by atoms with van der Waals surface area (Å²) in [6.45, 7) is 4.78. The molecule has 0 spiro atoms. The number of hydrogen-bond acceptors (Lipinski definition) is 8. The molecular formula is C27H30F2O7S2. The van der Waals surface area contributed by atoms with Crippen molar-refractivity contribution in [3.8, 4) is 0 Å². The predicted octanol–water partition coefficient (Wildman–Crippen LogP) is 5.58. The van der Waals surface area contributed by atoms with Crippen LogP contribution in [0.5, 0.6) is 0 Å². The summed E-state index contributed by atoms with van der Waals surface area (Å²) in [6.07, 6.45) is 0.102. The molecule has 7 nitrogen and oxygen atoms in total. The number of esters is 1. The SMILES string of the molecule is CSc1ccc(C(=O)O[C@]2(OC(=O)O)[C@H](C)C[C@H]3[C@@H]4C[C@H](F)C5=CC(=O)C=C[C@]5(C)[C@@]4(F)[C@@H](O)C[C@@]32C)s1. The fourth-order valence-electron chi connectivity index (χ4n) is 7.80. The molecule has 5 rings (SSSR count). The summed E-state index contributed by atoms with van der Waals surface area (Å²) in [6, 6.07) is 3.33. The molecule has 4 aliphatic carbocycles. The normalized spacial score (nSPS) is 43.5. The summed E-state index contributed by atoms with van der Waals surface area (Å²) >= 11 is 2.63. The van der Waals surface area contributed by atoms with Gasteiger partial charge in [-0.1, -0.05) is 19.9 Å². The fraction of sp³-hybridized carbons (Fsp3) is 0.593. The van der Waals surface area contributed by atoms with Crippen LogP contribution in [0.4, 0.5) is 13.6 Å². The Kier molecular flexibility index (Phi) is 6.39. The van der Waals surface area contributed by atoms with E-state index in [0.717, 1.165) is 10.3 Å². The highest BCUT2D eigenvalue weighted by Gasteiger charge is 2.78. The minimum Gasteiger partial charge on any atom is -0.450 e. The molecular weight excluding hydrogens is 538 g/mol. The number of rotatable bonds is 4. The van der Waals surface area contributed by atoms with E-state index >= 15 is 8.78 Å². The monoisotopic (exact) mass is 568 g/mol. The first-order valence-electron chi connectivity index (χ1n) is 12.5. The zero-order valence-corrected chi connectivity index (χ0v) is 23.0. The van der Waals surface area contributed by atoms with Crippen molar-refractivity contribution in [3.63, 3.8) is 0 Å². The molecule has 9 atom stereocenters. The maximum absolute atomic E-state index is 17.4. The molecule has 0 saturated heterocycles. The molecule has 3 fully saturated rings. The number of allylic oxidation sites excluding steroid dienone is 4. The van der Waals surface area contributed by atoms with Crippen LogP contribution in [-0.2, 0) is 14.3 Å². The van der Waals surface area contributed by atoms with Crippen molar-refractivity contribution in [2.24, 2.45) is 28.6 Å². The molecule has 0 radical (unpaired) electrons. The second-order valence-corrected chi connectivity index (χ2v) is 13.4. The zero-order chi connectivity index (χ0) is 27.8. The highest BCUT2D eigenvalue weighted by Crippen LogP contribution is 2.71. The summed E-state index contributed by atoms with van der Waals surface area (Å²) in [5, 5.41) is 21.2. The molecule has 0 aromatic carbocycles. The molecule has 3 saturated carbocycles. The van der Waals surface area contributed by atoms with Crippen molar-refractivity contribution in [3.05, 3.63) is 40.8 Å². The second-order valence-electron chi connectivity index (χ2n) is 11.2. The first-order chi connectivity index (χ1) is 17.7. The Morgan fingerprint density at radius 3 is 2.53 bits per heavy atom. The van der Waals surface area contributed by atoms with Crippen LogP contribution in [0.15, 0.2) is 40.1 Å². The van der Waals surface area contributed by atoms with Crippen molar-refractivity contribution in [2.45, 2.75) is 68.0 Å². The van der Waals surface area contributed by atoms with E-state index in [1.54, 1.807) is 26.0 Å². The number of halogens is 2. The minimum absolute atomic E-state index is 0.000723. The van der Waals surface area contributed by atoms with Gasteiger partial charge < -0.3 is 19.7 Å². The Balaban J connectivity index is 1.60. The molecule has 1 aromatic heterocycles. The van der Waals surface area contributed by atoms with Gasteiger partial charge in [-0.05, 0) is 68.2 Å². The van der Waals surface area contributed by atoms with E-state index in [4.69, 9.17) is 9.47 Å². The van der Waals surface area contributed by atoms with Gasteiger partial charge in [0.25, 0.3) is 5.79 Å². The predicted molar refractivity (Wildman–Crippen MR) is 137 cm³/mol. The molecule has 0 bridgehead atoms. The summed E-state index contributed by atoms with van der Waals surface area (Å²) in [5.74, 6) is -5.71. The van der Waals surface area contributed by atoms with Crippen LogP contribution in [-0.4, -0.2) is 58.1 Å². The first kappa shape index (κ1) is 27.3. The van der Waals surface area contributed by atoms with E-state index in [1.807, 2.05) is 6.26 Å². The van der Waals surface area contributed by atoms with Gasteiger partial charge >= 0.3 is 12.1 Å².